The van der Waals surface area contributed by atoms with Crippen LogP contribution in [-0.4, -0.2) is 28.8 Å². The van der Waals surface area contributed by atoms with Crippen LogP contribution in [0.25, 0.3) is 16.8 Å². The average Bonchev–Trinajstić information content (AvgIpc) is 2.74. The summed E-state index contributed by atoms with van der Waals surface area (Å²) in [5.41, 5.74) is 2.39. The zero-order chi connectivity index (χ0) is 22.2. The van der Waals surface area contributed by atoms with Gasteiger partial charge in [-0.05, 0) is 49.0 Å². The smallest absolute Gasteiger partial charge is 0.229 e. The molecule has 0 fully saturated rings. The van der Waals surface area contributed by atoms with Gasteiger partial charge in [0.1, 0.15) is 11.6 Å². The first-order valence-corrected chi connectivity index (χ1v) is 9.31. The number of nitrogens with one attached hydrogen (secondary N) is 1. The van der Waals surface area contributed by atoms with Crippen molar-refractivity contribution in [1.29, 1.82) is 0 Å². The highest BCUT2D eigenvalue weighted by molar-refractivity contribution is 5.91. The second-order valence-corrected chi connectivity index (χ2v) is 6.42. The molecule has 1 amide bonds. The molecule has 3 aromatic rings. The number of carbonyl (C=O) groups excluding carboxylic acids is 1. The normalized spacial score (nSPS) is 11.5. The number of benzene rings is 1. The van der Waals surface area contributed by atoms with Crippen molar-refractivity contribution in [3.63, 3.8) is 0 Å². The van der Waals surface area contributed by atoms with Crippen LogP contribution in [0.4, 0.5) is 14.6 Å². The number of aliphatic imine (C=N–C) groups is 2. The minimum Gasteiger partial charge on any atom is -0.310 e. The predicted octanol–water partition coefficient (Wildman–Crippen LogP) is 4.69. The molecule has 0 bridgehead atoms. The zero-order valence-corrected chi connectivity index (χ0v) is 16.7. The number of rotatable bonds is 7. The van der Waals surface area contributed by atoms with Gasteiger partial charge in [-0.2, -0.15) is 4.39 Å². The molecule has 0 aliphatic rings. The maximum Gasteiger partial charge on any atom is 0.229 e. The topological polar surface area (TPSA) is 79.6 Å². The Kier molecular flexibility index (Phi) is 7.05. The summed E-state index contributed by atoms with van der Waals surface area (Å²) in [6.45, 7) is 5.20. The molecule has 0 saturated carbocycles. The van der Waals surface area contributed by atoms with Gasteiger partial charge < -0.3 is 5.32 Å². The van der Waals surface area contributed by atoms with Crippen molar-refractivity contribution in [1.82, 2.24) is 9.97 Å². The van der Waals surface area contributed by atoms with Crippen LogP contribution in [0.1, 0.15) is 18.1 Å². The molecule has 0 radical (unpaired) electrons. The number of carbonyl (C=O) groups is 1. The van der Waals surface area contributed by atoms with Crippen molar-refractivity contribution in [2.45, 2.75) is 13.3 Å². The van der Waals surface area contributed by atoms with Crippen LogP contribution in [0, 0.1) is 11.8 Å². The third-order valence-electron chi connectivity index (χ3n) is 4.24. The van der Waals surface area contributed by atoms with E-state index in [1.165, 1.54) is 30.6 Å². The molecule has 3 rings (SSSR count). The number of amides is 1. The fourth-order valence-corrected chi connectivity index (χ4v) is 2.87. The third-order valence-corrected chi connectivity index (χ3v) is 4.24. The second-order valence-electron chi connectivity index (χ2n) is 6.42. The van der Waals surface area contributed by atoms with Gasteiger partial charge in [-0.1, -0.05) is 12.1 Å². The average molecular weight is 419 g/mol. The molecule has 1 N–H and O–H groups in total. The van der Waals surface area contributed by atoms with Gasteiger partial charge in [-0.3, -0.25) is 14.8 Å². The van der Waals surface area contributed by atoms with E-state index in [-0.39, 0.29) is 17.9 Å². The number of halogens is 2. The van der Waals surface area contributed by atoms with Crippen molar-refractivity contribution in [3.05, 3.63) is 84.0 Å². The molecular formula is C23H19F2N5O. The van der Waals surface area contributed by atoms with E-state index in [4.69, 9.17) is 0 Å². The number of pyridine rings is 2. The quantitative estimate of drug-likeness (QED) is 0.446. The summed E-state index contributed by atoms with van der Waals surface area (Å²) in [7, 11) is 0. The van der Waals surface area contributed by atoms with Crippen molar-refractivity contribution >= 4 is 30.4 Å². The molecule has 0 aliphatic heterocycles. The minimum absolute atomic E-state index is 0.0446. The lowest BCUT2D eigenvalue weighted by Crippen LogP contribution is -2.15. The lowest BCUT2D eigenvalue weighted by atomic mass is 10.0. The van der Waals surface area contributed by atoms with E-state index < -0.39 is 11.8 Å². The fourth-order valence-electron chi connectivity index (χ4n) is 2.87. The van der Waals surface area contributed by atoms with Gasteiger partial charge in [0.25, 0.3) is 0 Å². The molecule has 1 aromatic carbocycles. The van der Waals surface area contributed by atoms with Crippen molar-refractivity contribution in [3.8, 4) is 11.1 Å². The van der Waals surface area contributed by atoms with Crippen LogP contribution in [0.15, 0.2) is 71.0 Å². The maximum atomic E-state index is 14.5. The van der Waals surface area contributed by atoms with Gasteiger partial charge >= 0.3 is 0 Å². The first-order valence-electron chi connectivity index (χ1n) is 9.31. The first kappa shape index (κ1) is 21.6. The van der Waals surface area contributed by atoms with Crippen molar-refractivity contribution in [2.75, 3.05) is 5.32 Å². The molecule has 0 unspecified atom stereocenters. The fraction of sp³-hybridized carbons (Fsp3) is 0.0870. The number of anilines is 1. The molecule has 31 heavy (non-hydrogen) atoms. The third kappa shape index (κ3) is 5.72. The second kappa shape index (κ2) is 10.1. The largest absolute Gasteiger partial charge is 0.310 e. The highest BCUT2D eigenvalue weighted by Crippen LogP contribution is 2.24. The van der Waals surface area contributed by atoms with Gasteiger partial charge in [-0.25, -0.2) is 14.4 Å². The summed E-state index contributed by atoms with van der Waals surface area (Å²) in [4.78, 5) is 27.9. The van der Waals surface area contributed by atoms with E-state index in [1.807, 2.05) is 0 Å². The predicted molar refractivity (Wildman–Crippen MR) is 118 cm³/mol. The number of hydrogen-bond donors (Lipinski definition) is 1. The summed E-state index contributed by atoms with van der Waals surface area (Å²) in [6.07, 6.45) is 5.92. The monoisotopic (exact) mass is 419 g/mol. The molecule has 2 aromatic heterocycles. The van der Waals surface area contributed by atoms with Gasteiger partial charge in [0.2, 0.25) is 11.9 Å². The Morgan fingerprint density at radius 2 is 2.00 bits per heavy atom. The Hall–Kier alpha value is -4.07. The molecule has 6 nitrogen and oxygen atoms in total. The molecule has 0 saturated heterocycles. The highest BCUT2D eigenvalue weighted by Gasteiger charge is 2.11. The van der Waals surface area contributed by atoms with E-state index >= 15 is 0 Å². The molecule has 0 spiro atoms. The first-order chi connectivity index (χ1) is 15.0. The van der Waals surface area contributed by atoms with E-state index in [0.29, 0.717) is 28.2 Å². The molecule has 0 aliphatic carbocycles. The van der Waals surface area contributed by atoms with Crippen molar-refractivity contribution in [2.24, 2.45) is 9.98 Å². The van der Waals surface area contributed by atoms with Gasteiger partial charge in [-0.15, -0.1) is 0 Å². The Bertz CT molecular complexity index is 1160. The summed E-state index contributed by atoms with van der Waals surface area (Å²) in [5, 5.41) is 2.67. The molecule has 0 atom stereocenters. The highest BCUT2D eigenvalue weighted by atomic mass is 19.1. The summed E-state index contributed by atoms with van der Waals surface area (Å²) < 4.78 is 27.8. The number of nitrogens with zero attached hydrogens (tertiary/aromatic N) is 4. The van der Waals surface area contributed by atoms with Crippen LogP contribution in [-0.2, 0) is 11.2 Å². The van der Waals surface area contributed by atoms with E-state index in [2.05, 4.69) is 32.0 Å². The lowest BCUT2D eigenvalue weighted by molar-refractivity contribution is -0.115. The maximum absolute atomic E-state index is 14.5. The Morgan fingerprint density at radius 1 is 1.16 bits per heavy atom. The minimum atomic E-state index is -0.691. The Morgan fingerprint density at radius 3 is 2.65 bits per heavy atom. The summed E-state index contributed by atoms with van der Waals surface area (Å²) in [6, 6.07) is 10.4. The number of hydrogen-bond acceptors (Lipinski definition) is 5. The zero-order valence-electron chi connectivity index (χ0n) is 16.7. The summed E-state index contributed by atoms with van der Waals surface area (Å²) >= 11 is 0. The molecule has 156 valence electrons. The van der Waals surface area contributed by atoms with Crippen LogP contribution in [0.2, 0.25) is 0 Å². The van der Waals surface area contributed by atoms with E-state index in [1.54, 1.807) is 37.5 Å². The Balaban J connectivity index is 1.67. The molecular weight excluding hydrogens is 400 g/mol. The summed E-state index contributed by atoms with van der Waals surface area (Å²) in [5.74, 6) is -1.24. The van der Waals surface area contributed by atoms with E-state index in [0.717, 1.165) is 6.07 Å². The van der Waals surface area contributed by atoms with Crippen molar-refractivity contribution < 1.29 is 13.6 Å². The van der Waals surface area contributed by atoms with Crippen LogP contribution in [0.3, 0.4) is 0 Å². The number of aromatic nitrogens is 2. The van der Waals surface area contributed by atoms with Gasteiger partial charge in [0.05, 0.1) is 18.3 Å². The Labute approximate surface area is 178 Å². The standard InChI is InChI=1S/C23H19F2N5O/c1-3-27-20(14-26-2)17-5-7-22(29-13-17)30-23(31)11-15-4-6-18(19(24)10-15)16-8-9-28-21(25)12-16/h3-10,12-14H,2,11H2,1H3,(H,29,30,31)/b20-14-,27-3?. The lowest BCUT2D eigenvalue weighted by Gasteiger charge is -2.08. The van der Waals surface area contributed by atoms with Crippen LogP contribution in [0.5, 0.6) is 0 Å². The van der Waals surface area contributed by atoms with Crippen LogP contribution >= 0.6 is 0 Å². The SMILES string of the molecule is C=N/C=C(\N=CC)c1ccc(NC(=O)Cc2ccc(-c3ccnc(F)c3)c(F)c2)nc1. The van der Waals surface area contributed by atoms with Gasteiger partial charge in [0.15, 0.2) is 0 Å². The van der Waals surface area contributed by atoms with Gasteiger partial charge in [0, 0.05) is 35.8 Å². The molecule has 8 heteroatoms. The van der Waals surface area contributed by atoms with Crippen LogP contribution < -0.4 is 5.32 Å². The molecule has 2 heterocycles. The van der Waals surface area contributed by atoms with E-state index in [9.17, 15) is 13.6 Å².